The van der Waals surface area contributed by atoms with Crippen LogP contribution in [0.1, 0.15) is 36.7 Å². The molecule has 0 saturated heterocycles. The number of rotatable bonds is 3. The molecule has 2 heterocycles. The van der Waals surface area contributed by atoms with Crippen molar-refractivity contribution in [3.8, 4) is 0 Å². The molecule has 112 valence electrons. The first kappa shape index (κ1) is 15.0. The SMILES string of the molecule is CC(C)c1ccc(C2=N/C(=C\c3ccc(I)o3)C(=O)O2)cc1. The minimum atomic E-state index is -0.464. The highest BCUT2D eigenvalue weighted by molar-refractivity contribution is 14.1. The largest absolute Gasteiger partial charge is 0.451 e. The van der Waals surface area contributed by atoms with Crippen LogP contribution in [0, 0.1) is 3.77 Å². The Kier molecular flexibility index (Phi) is 4.15. The fourth-order valence-corrected chi connectivity index (χ4v) is 2.52. The van der Waals surface area contributed by atoms with Crippen molar-refractivity contribution in [1.29, 1.82) is 0 Å². The Hall–Kier alpha value is -1.89. The molecule has 0 spiro atoms. The van der Waals surface area contributed by atoms with Gasteiger partial charge in [0.1, 0.15) is 5.76 Å². The van der Waals surface area contributed by atoms with Crippen LogP contribution in [0.15, 0.2) is 51.5 Å². The van der Waals surface area contributed by atoms with E-state index in [1.54, 1.807) is 12.1 Å². The molecule has 0 bridgehead atoms. The predicted molar refractivity (Wildman–Crippen MR) is 92.6 cm³/mol. The van der Waals surface area contributed by atoms with Crippen molar-refractivity contribution < 1.29 is 13.9 Å². The summed E-state index contributed by atoms with van der Waals surface area (Å²) in [5, 5.41) is 0. The highest BCUT2D eigenvalue weighted by Gasteiger charge is 2.24. The topological polar surface area (TPSA) is 51.8 Å². The number of halogens is 1. The third kappa shape index (κ3) is 3.14. The number of hydrogen-bond acceptors (Lipinski definition) is 4. The lowest BCUT2D eigenvalue weighted by Gasteiger charge is -2.05. The van der Waals surface area contributed by atoms with Gasteiger partial charge in [-0.3, -0.25) is 0 Å². The zero-order valence-corrected chi connectivity index (χ0v) is 14.3. The molecule has 0 radical (unpaired) electrons. The minimum Gasteiger partial charge on any atom is -0.451 e. The Bertz CT molecular complexity index is 769. The fraction of sp³-hybridized carbons (Fsp3) is 0.176. The molecule has 4 nitrogen and oxygen atoms in total. The van der Waals surface area contributed by atoms with Gasteiger partial charge in [-0.1, -0.05) is 26.0 Å². The second-order valence-electron chi connectivity index (χ2n) is 5.25. The summed E-state index contributed by atoms with van der Waals surface area (Å²) in [4.78, 5) is 16.2. The summed E-state index contributed by atoms with van der Waals surface area (Å²) in [5.74, 6) is 0.901. The summed E-state index contributed by atoms with van der Waals surface area (Å²) in [6.45, 7) is 4.27. The van der Waals surface area contributed by atoms with E-state index < -0.39 is 5.97 Å². The van der Waals surface area contributed by atoms with E-state index in [1.165, 1.54) is 5.56 Å². The van der Waals surface area contributed by atoms with Gasteiger partial charge in [-0.25, -0.2) is 9.79 Å². The summed E-state index contributed by atoms with van der Waals surface area (Å²) < 4.78 is 11.4. The number of furan rings is 1. The average molecular weight is 407 g/mol. The van der Waals surface area contributed by atoms with Crippen molar-refractivity contribution in [2.75, 3.05) is 0 Å². The van der Waals surface area contributed by atoms with Crippen molar-refractivity contribution in [2.45, 2.75) is 19.8 Å². The summed E-state index contributed by atoms with van der Waals surface area (Å²) >= 11 is 2.07. The first-order chi connectivity index (χ1) is 10.5. The van der Waals surface area contributed by atoms with Crippen molar-refractivity contribution in [3.05, 3.63) is 62.7 Å². The second-order valence-corrected chi connectivity index (χ2v) is 6.32. The van der Waals surface area contributed by atoms with Crippen LogP contribution in [0.25, 0.3) is 6.08 Å². The maximum Gasteiger partial charge on any atom is 0.363 e. The standard InChI is InChI=1S/C17H14INO3/c1-10(2)11-3-5-12(6-4-11)16-19-14(17(20)22-16)9-13-7-8-15(18)21-13/h3-10H,1-2H3/b14-9-. The molecule has 0 amide bonds. The van der Waals surface area contributed by atoms with Gasteiger partial charge in [0.25, 0.3) is 0 Å². The molecule has 0 N–H and O–H groups in total. The number of carbonyl (C=O) groups is 1. The smallest absolute Gasteiger partial charge is 0.363 e. The van der Waals surface area contributed by atoms with Gasteiger partial charge in [0.2, 0.25) is 5.90 Å². The number of carbonyl (C=O) groups excluding carboxylic acids is 1. The fourth-order valence-electron chi connectivity index (χ4n) is 2.08. The molecule has 1 aromatic carbocycles. The Morgan fingerprint density at radius 2 is 1.86 bits per heavy atom. The molecule has 22 heavy (non-hydrogen) atoms. The predicted octanol–water partition coefficient (Wildman–Crippen LogP) is 4.35. The minimum absolute atomic E-state index is 0.244. The van der Waals surface area contributed by atoms with E-state index in [0.717, 1.165) is 9.33 Å². The summed E-state index contributed by atoms with van der Waals surface area (Å²) in [5.41, 5.74) is 2.26. The normalized spacial score (nSPS) is 16.3. The number of ether oxygens (including phenoxy) is 1. The van der Waals surface area contributed by atoms with Crippen LogP contribution < -0.4 is 0 Å². The van der Waals surface area contributed by atoms with Gasteiger partial charge in [-0.05, 0) is 58.3 Å². The van der Waals surface area contributed by atoms with Crippen molar-refractivity contribution in [3.63, 3.8) is 0 Å². The Morgan fingerprint density at radius 1 is 1.14 bits per heavy atom. The number of hydrogen-bond donors (Lipinski definition) is 0. The summed E-state index contributed by atoms with van der Waals surface area (Å²) in [7, 11) is 0. The number of nitrogens with zero attached hydrogens (tertiary/aromatic N) is 1. The molecular weight excluding hydrogens is 393 g/mol. The van der Waals surface area contributed by atoms with Crippen LogP contribution in [0.2, 0.25) is 0 Å². The van der Waals surface area contributed by atoms with E-state index >= 15 is 0 Å². The maximum absolute atomic E-state index is 11.9. The molecule has 1 aromatic heterocycles. The Balaban J connectivity index is 1.87. The highest BCUT2D eigenvalue weighted by atomic mass is 127. The van der Waals surface area contributed by atoms with E-state index in [1.807, 2.05) is 30.3 Å². The first-order valence-electron chi connectivity index (χ1n) is 6.91. The van der Waals surface area contributed by atoms with Crippen molar-refractivity contribution in [2.24, 2.45) is 4.99 Å². The average Bonchev–Trinajstić information content (AvgIpc) is 3.06. The molecule has 0 saturated carbocycles. The van der Waals surface area contributed by atoms with Crippen LogP contribution in [0.3, 0.4) is 0 Å². The van der Waals surface area contributed by atoms with Crippen LogP contribution in [0.5, 0.6) is 0 Å². The molecule has 1 aliphatic rings. The number of aliphatic imine (C=N–C) groups is 1. The highest BCUT2D eigenvalue weighted by Crippen LogP contribution is 2.22. The van der Waals surface area contributed by atoms with Crippen molar-refractivity contribution in [1.82, 2.24) is 0 Å². The van der Waals surface area contributed by atoms with E-state index in [-0.39, 0.29) is 5.70 Å². The van der Waals surface area contributed by atoms with Crippen LogP contribution in [-0.4, -0.2) is 11.9 Å². The van der Waals surface area contributed by atoms with Gasteiger partial charge >= 0.3 is 5.97 Å². The third-order valence-electron chi connectivity index (χ3n) is 3.32. The van der Waals surface area contributed by atoms with E-state index in [9.17, 15) is 4.79 Å². The summed E-state index contributed by atoms with van der Waals surface area (Å²) in [6.07, 6.45) is 1.58. The number of benzene rings is 1. The zero-order valence-electron chi connectivity index (χ0n) is 12.2. The second kappa shape index (κ2) is 6.08. The monoisotopic (exact) mass is 407 g/mol. The van der Waals surface area contributed by atoms with E-state index in [2.05, 4.69) is 41.4 Å². The van der Waals surface area contributed by atoms with Crippen molar-refractivity contribution >= 4 is 40.5 Å². The van der Waals surface area contributed by atoms with E-state index in [0.29, 0.717) is 17.6 Å². The van der Waals surface area contributed by atoms with E-state index in [4.69, 9.17) is 9.15 Å². The Morgan fingerprint density at radius 3 is 2.45 bits per heavy atom. The third-order valence-corrected chi connectivity index (χ3v) is 3.90. The molecule has 1 aliphatic heterocycles. The van der Waals surface area contributed by atoms with Gasteiger partial charge in [0.05, 0.1) is 0 Å². The van der Waals surface area contributed by atoms with Crippen LogP contribution in [0.4, 0.5) is 0 Å². The lowest BCUT2D eigenvalue weighted by Crippen LogP contribution is -2.05. The van der Waals surface area contributed by atoms with Crippen LogP contribution in [-0.2, 0) is 9.53 Å². The number of esters is 1. The van der Waals surface area contributed by atoms with Gasteiger partial charge in [0, 0.05) is 11.6 Å². The molecule has 0 atom stereocenters. The lowest BCUT2D eigenvalue weighted by atomic mass is 10.0. The van der Waals surface area contributed by atoms with Gasteiger partial charge in [-0.2, -0.15) is 0 Å². The summed E-state index contributed by atoms with van der Waals surface area (Å²) in [6, 6.07) is 11.5. The van der Waals surface area contributed by atoms with Gasteiger partial charge in [0.15, 0.2) is 9.46 Å². The maximum atomic E-state index is 11.9. The molecule has 3 rings (SSSR count). The van der Waals surface area contributed by atoms with Gasteiger partial charge < -0.3 is 9.15 Å². The first-order valence-corrected chi connectivity index (χ1v) is 7.99. The Labute approximate surface area is 142 Å². The molecule has 0 aliphatic carbocycles. The molecule has 2 aromatic rings. The lowest BCUT2D eigenvalue weighted by molar-refractivity contribution is -0.129. The number of cyclic esters (lactones) is 1. The van der Waals surface area contributed by atoms with Gasteiger partial charge in [-0.15, -0.1) is 0 Å². The molecular formula is C17H14INO3. The molecule has 5 heteroatoms. The van der Waals surface area contributed by atoms with Crippen LogP contribution >= 0.6 is 22.6 Å². The quantitative estimate of drug-likeness (QED) is 0.432. The molecule has 0 fully saturated rings. The zero-order chi connectivity index (χ0) is 15.7. The molecule has 0 unspecified atom stereocenters.